The molecule has 1 fully saturated rings. The van der Waals surface area contributed by atoms with E-state index in [0.717, 1.165) is 24.0 Å². The fraction of sp³-hybridized carbons (Fsp3) is 0.250. The summed E-state index contributed by atoms with van der Waals surface area (Å²) in [6.45, 7) is 0.757. The van der Waals surface area contributed by atoms with Gasteiger partial charge < -0.3 is 4.90 Å². The zero-order valence-electron chi connectivity index (χ0n) is 14.9. The van der Waals surface area contributed by atoms with Gasteiger partial charge in [0.15, 0.2) is 10.6 Å². The molecule has 4 rings (SSSR count). The van der Waals surface area contributed by atoms with Crippen molar-refractivity contribution in [2.45, 2.75) is 25.4 Å². The van der Waals surface area contributed by atoms with E-state index in [1.807, 2.05) is 17.0 Å². The summed E-state index contributed by atoms with van der Waals surface area (Å²) in [5.74, 6) is 0.268. The maximum absolute atomic E-state index is 13.2. The number of hydrogen-bond acceptors (Lipinski definition) is 3. The van der Waals surface area contributed by atoms with Gasteiger partial charge in [0.25, 0.3) is 0 Å². The molecule has 1 atom stereocenters. The van der Waals surface area contributed by atoms with Crippen LogP contribution in [0.4, 0.5) is 4.39 Å². The van der Waals surface area contributed by atoms with Crippen LogP contribution in [-0.2, 0) is 11.3 Å². The highest BCUT2D eigenvalue weighted by atomic mass is 35.5. The van der Waals surface area contributed by atoms with Crippen LogP contribution >= 0.6 is 23.8 Å². The van der Waals surface area contributed by atoms with Crippen LogP contribution in [0.5, 0.6) is 0 Å². The van der Waals surface area contributed by atoms with E-state index in [-0.39, 0.29) is 24.3 Å². The largest absolute Gasteiger partial charge is 0.334 e. The van der Waals surface area contributed by atoms with Crippen LogP contribution in [0.1, 0.15) is 24.4 Å². The summed E-state index contributed by atoms with van der Waals surface area (Å²) in [7, 11) is 0. The smallest absolute Gasteiger partial charge is 0.243 e. The fourth-order valence-corrected chi connectivity index (χ4v) is 3.93. The third-order valence-electron chi connectivity index (χ3n) is 4.98. The van der Waals surface area contributed by atoms with Gasteiger partial charge in [-0.25, -0.2) is 4.39 Å². The molecular formula is C20H18ClFN4OS. The van der Waals surface area contributed by atoms with Crippen molar-refractivity contribution in [3.63, 3.8) is 0 Å². The van der Waals surface area contributed by atoms with Crippen molar-refractivity contribution in [2.75, 3.05) is 6.54 Å². The Bertz CT molecular complexity index is 1050. The first-order valence-electron chi connectivity index (χ1n) is 8.99. The molecule has 1 aromatic heterocycles. The maximum Gasteiger partial charge on any atom is 0.243 e. The van der Waals surface area contributed by atoms with Gasteiger partial charge in [-0.05, 0) is 67.0 Å². The Balaban J connectivity index is 1.58. The van der Waals surface area contributed by atoms with Gasteiger partial charge in [0.1, 0.15) is 12.4 Å². The lowest BCUT2D eigenvalue weighted by Gasteiger charge is -2.25. The molecule has 2 heterocycles. The minimum atomic E-state index is -0.281. The topological polar surface area (TPSA) is 53.9 Å². The number of benzene rings is 2. The van der Waals surface area contributed by atoms with E-state index in [4.69, 9.17) is 23.8 Å². The molecular weight excluding hydrogens is 399 g/mol. The number of aromatic nitrogens is 3. The Morgan fingerprint density at radius 2 is 1.93 bits per heavy atom. The quantitative estimate of drug-likeness (QED) is 0.623. The number of hydrogen-bond donors (Lipinski definition) is 1. The number of nitrogens with zero attached hydrogens (tertiary/aromatic N) is 3. The molecule has 1 amide bonds. The monoisotopic (exact) mass is 416 g/mol. The Morgan fingerprint density at radius 3 is 2.64 bits per heavy atom. The molecule has 144 valence electrons. The zero-order chi connectivity index (χ0) is 19.7. The minimum Gasteiger partial charge on any atom is -0.334 e. The number of likely N-dealkylation sites (tertiary alicyclic amines) is 1. The van der Waals surface area contributed by atoms with Crippen LogP contribution in [-0.4, -0.2) is 32.1 Å². The number of nitrogens with one attached hydrogen (secondary N) is 1. The van der Waals surface area contributed by atoms with Crippen molar-refractivity contribution in [3.8, 4) is 11.4 Å². The highest BCUT2D eigenvalue weighted by molar-refractivity contribution is 7.71. The standard InChI is InChI=1S/C20H18ClFN4OS/c21-15-7-3-14(4-8-15)19-23-24-20(28)26(19)12-18(27)25-11-1-2-17(25)13-5-9-16(22)10-6-13/h3-10,17H,1-2,11-12H2,(H,24,28). The highest BCUT2D eigenvalue weighted by Gasteiger charge is 2.30. The molecule has 8 heteroatoms. The van der Waals surface area contributed by atoms with Gasteiger partial charge in [0.2, 0.25) is 5.91 Å². The molecule has 1 N–H and O–H groups in total. The van der Waals surface area contributed by atoms with E-state index < -0.39 is 0 Å². The molecule has 5 nitrogen and oxygen atoms in total. The lowest BCUT2D eigenvalue weighted by Crippen LogP contribution is -2.33. The van der Waals surface area contributed by atoms with Gasteiger partial charge in [0, 0.05) is 17.1 Å². The number of halogens is 2. The normalized spacial score (nSPS) is 16.5. The number of carbonyl (C=O) groups excluding carboxylic acids is 1. The Hall–Kier alpha value is -2.51. The van der Waals surface area contributed by atoms with E-state index in [1.165, 1.54) is 12.1 Å². The van der Waals surface area contributed by atoms with Crippen molar-refractivity contribution in [3.05, 3.63) is 69.7 Å². The molecule has 2 aromatic carbocycles. The van der Waals surface area contributed by atoms with Gasteiger partial charge in [0.05, 0.1) is 6.04 Å². The molecule has 0 aliphatic carbocycles. The van der Waals surface area contributed by atoms with Gasteiger partial charge in [-0.2, -0.15) is 5.10 Å². The number of rotatable bonds is 4. The first kappa shape index (κ1) is 18.8. The van der Waals surface area contributed by atoms with Crippen molar-refractivity contribution in [2.24, 2.45) is 0 Å². The second-order valence-electron chi connectivity index (χ2n) is 6.74. The average molecular weight is 417 g/mol. The van der Waals surface area contributed by atoms with Crippen LogP contribution in [0.2, 0.25) is 5.02 Å². The summed E-state index contributed by atoms with van der Waals surface area (Å²) in [6, 6.07) is 13.5. The predicted molar refractivity (Wildman–Crippen MR) is 108 cm³/mol. The number of H-pyrrole nitrogens is 1. The molecule has 0 saturated carbocycles. The maximum atomic E-state index is 13.2. The molecule has 1 aliphatic rings. The van der Waals surface area contributed by atoms with Gasteiger partial charge in [-0.3, -0.25) is 14.5 Å². The van der Waals surface area contributed by atoms with Crippen LogP contribution in [0.25, 0.3) is 11.4 Å². The van der Waals surface area contributed by atoms with Gasteiger partial charge in [-0.15, -0.1) is 0 Å². The second-order valence-corrected chi connectivity index (χ2v) is 7.57. The molecule has 0 radical (unpaired) electrons. The second kappa shape index (κ2) is 7.85. The Morgan fingerprint density at radius 1 is 1.21 bits per heavy atom. The summed E-state index contributed by atoms with van der Waals surface area (Å²) in [5.41, 5.74) is 1.77. The van der Waals surface area contributed by atoms with E-state index in [2.05, 4.69) is 10.2 Å². The van der Waals surface area contributed by atoms with Gasteiger partial charge >= 0.3 is 0 Å². The molecule has 1 saturated heterocycles. The summed E-state index contributed by atoms with van der Waals surface area (Å²) < 4.78 is 15.3. The zero-order valence-corrected chi connectivity index (χ0v) is 16.5. The van der Waals surface area contributed by atoms with E-state index in [9.17, 15) is 9.18 Å². The van der Waals surface area contributed by atoms with Crippen LogP contribution in [0.15, 0.2) is 48.5 Å². The third kappa shape index (κ3) is 3.72. The van der Waals surface area contributed by atoms with Crippen molar-refractivity contribution in [1.82, 2.24) is 19.7 Å². The number of amides is 1. The van der Waals surface area contributed by atoms with Crippen LogP contribution < -0.4 is 0 Å². The molecule has 1 aliphatic heterocycles. The van der Waals surface area contributed by atoms with Crippen LogP contribution in [0.3, 0.4) is 0 Å². The fourth-order valence-electron chi connectivity index (χ4n) is 3.61. The van der Waals surface area contributed by atoms with E-state index >= 15 is 0 Å². The molecule has 3 aromatic rings. The summed E-state index contributed by atoms with van der Waals surface area (Å²) >= 11 is 11.3. The predicted octanol–water partition coefficient (Wildman–Crippen LogP) is 4.76. The van der Waals surface area contributed by atoms with E-state index in [1.54, 1.807) is 28.8 Å². The summed E-state index contributed by atoms with van der Waals surface area (Å²) in [6.07, 6.45) is 1.77. The van der Waals surface area contributed by atoms with Crippen LogP contribution in [0, 0.1) is 10.6 Å². The lowest BCUT2D eigenvalue weighted by molar-refractivity contribution is -0.132. The highest BCUT2D eigenvalue weighted by Crippen LogP contribution is 2.32. The average Bonchev–Trinajstić information content (AvgIpc) is 3.31. The minimum absolute atomic E-state index is 0.0421. The summed E-state index contributed by atoms with van der Waals surface area (Å²) in [5, 5.41) is 7.66. The lowest BCUT2D eigenvalue weighted by atomic mass is 10.0. The van der Waals surface area contributed by atoms with Crippen molar-refractivity contribution in [1.29, 1.82) is 0 Å². The molecule has 0 bridgehead atoms. The number of carbonyl (C=O) groups is 1. The van der Waals surface area contributed by atoms with Crippen molar-refractivity contribution < 1.29 is 9.18 Å². The Kier molecular flexibility index (Phi) is 5.28. The number of aromatic amines is 1. The first-order valence-corrected chi connectivity index (χ1v) is 9.77. The first-order chi connectivity index (χ1) is 13.5. The third-order valence-corrected chi connectivity index (χ3v) is 5.55. The van der Waals surface area contributed by atoms with E-state index in [0.29, 0.717) is 22.2 Å². The molecule has 0 spiro atoms. The molecule has 1 unspecified atom stereocenters. The molecule has 28 heavy (non-hydrogen) atoms. The van der Waals surface area contributed by atoms with Gasteiger partial charge in [-0.1, -0.05) is 23.7 Å². The SMILES string of the molecule is O=C(Cn1c(-c2ccc(Cl)cc2)n[nH]c1=S)N1CCCC1c1ccc(F)cc1. The summed E-state index contributed by atoms with van der Waals surface area (Å²) in [4.78, 5) is 14.9. The van der Waals surface area contributed by atoms with Crippen molar-refractivity contribution >= 4 is 29.7 Å². The Labute approximate surface area is 171 Å².